The van der Waals surface area contributed by atoms with Crippen LogP contribution in [0.25, 0.3) is 0 Å². The number of fused-ring (bicyclic) bond motifs is 2. The molecule has 0 heterocycles. The molecular formula is C19H24O3. The molecule has 2 aliphatic carbocycles. The molecule has 0 saturated heterocycles. The highest BCUT2D eigenvalue weighted by Gasteiger charge is 2.73. The zero-order chi connectivity index (χ0) is 16.3. The Kier molecular flexibility index (Phi) is 3.08. The molecule has 2 aliphatic rings. The third kappa shape index (κ3) is 1.74. The number of benzene rings is 1. The van der Waals surface area contributed by atoms with Gasteiger partial charge >= 0.3 is 5.97 Å². The van der Waals surface area contributed by atoms with E-state index in [0.717, 1.165) is 24.0 Å². The van der Waals surface area contributed by atoms with Gasteiger partial charge in [-0.15, -0.1) is 0 Å². The minimum atomic E-state index is -0.670. The summed E-state index contributed by atoms with van der Waals surface area (Å²) in [4.78, 5) is 25.4. The fourth-order valence-electron chi connectivity index (χ4n) is 4.51. The Morgan fingerprint density at radius 1 is 1.05 bits per heavy atom. The van der Waals surface area contributed by atoms with Crippen LogP contribution in [0.15, 0.2) is 18.2 Å². The van der Waals surface area contributed by atoms with Gasteiger partial charge in [-0.05, 0) is 55.4 Å². The molecule has 22 heavy (non-hydrogen) atoms. The molecule has 0 aromatic heterocycles. The second-order valence-corrected chi connectivity index (χ2v) is 7.85. The highest BCUT2D eigenvalue weighted by Crippen LogP contribution is 2.70. The van der Waals surface area contributed by atoms with E-state index in [4.69, 9.17) is 4.74 Å². The molecular weight excluding hydrogens is 276 g/mol. The van der Waals surface area contributed by atoms with Gasteiger partial charge < -0.3 is 4.74 Å². The van der Waals surface area contributed by atoms with E-state index < -0.39 is 10.8 Å². The van der Waals surface area contributed by atoms with Crippen LogP contribution in [0.3, 0.4) is 0 Å². The fourth-order valence-corrected chi connectivity index (χ4v) is 4.51. The van der Waals surface area contributed by atoms with E-state index in [1.807, 2.05) is 52.8 Å². The molecule has 0 amide bonds. The average molecular weight is 300 g/mol. The normalized spacial score (nSPS) is 32.3. The molecule has 3 rings (SSSR count). The molecule has 2 fully saturated rings. The topological polar surface area (TPSA) is 43.4 Å². The highest BCUT2D eigenvalue weighted by molar-refractivity contribution is 5.98. The Balaban J connectivity index is 1.94. The fraction of sp³-hybridized carbons (Fsp3) is 0.579. The summed E-state index contributed by atoms with van der Waals surface area (Å²) >= 11 is 0. The van der Waals surface area contributed by atoms with Crippen molar-refractivity contribution in [3.05, 3.63) is 29.3 Å². The van der Waals surface area contributed by atoms with Gasteiger partial charge in [-0.3, -0.25) is 9.59 Å². The van der Waals surface area contributed by atoms with Crippen LogP contribution >= 0.6 is 0 Å². The van der Waals surface area contributed by atoms with Gasteiger partial charge in [-0.2, -0.15) is 0 Å². The summed E-state index contributed by atoms with van der Waals surface area (Å²) in [6.07, 6.45) is 1.84. The molecule has 0 N–H and O–H groups in total. The van der Waals surface area contributed by atoms with Crippen LogP contribution in [0.4, 0.5) is 0 Å². The van der Waals surface area contributed by atoms with Gasteiger partial charge in [0.15, 0.2) is 0 Å². The Bertz CT molecular complexity index is 653. The van der Waals surface area contributed by atoms with Gasteiger partial charge in [-0.1, -0.05) is 26.8 Å². The lowest BCUT2D eigenvalue weighted by Gasteiger charge is -2.37. The van der Waals surface area contributed by atoms with Crippen LogP contribution in [0.2, 0.25) is 0 Å². The maximum atomic E-state index is 12.9. The predicted molar refractivity (Wildman–Crippen MR) is 84.7 cm³/mol. The summed E-state index contributed by atoms with van der Waals surface area (Å²) in [5.74, 6) is 0.554. The Hall–Kier alpha value is -1.64. The van der Waals surface area contributed by atoms with Crippen LogP contribution in [-0.4, -0.2) is 11.8 Å². The maximum Gasteiger partial charge on any atom is 0.318 e. The first-order chi connectivity index (χ1) is 10.1. The monoisotopic (exact) mass is 300 g/mol. The molecule has 2 unspecified atom stereocenters. The first-order valence-electron chi connectivity index (χ1n) is 7.96. The Morgan fingerprint density at radius 3 is 2.09 bits per heavy atom. The largest absolute Gasteiger partial charge is 0.426 e. The number of esters is 1. The van der Waals surface area contributed by atoms with Gasteiger partial charge in [0.25, 0.3) is 0 Å². The van der Waals surface area contributed by atoms with E-state index in [0.29, 0.717) is 12.2 Å². The van der Waals surface area contributed by atoms with E-state index in [9.17, 15) is 9.59 Å². The minimum absolute atomic E-state index is 0.209. The first-order valence-corrected chi connectivity index (χ1v) is 7.96. The number of ketones is 1. The molecule has 0 radical (unpaired) electrons. The minimum Gasteiger partial charge on any atom is -0.426 e. The average Bonchev–Trinajstić information content (AvgIpc) is 2.67. The van der Waals surface area contributed by atoms with Crippen molar-refractivity contribution in [1.82, 2.24) is 0 Å². The van der Waals surface area contributed by atoms with Gasteiger partial charge in [0, 0.05) is 11.8 Å². The highest BCUT2D eigenvalue weighted by atomic mass is 16.5. The molecule has 3 heteroatoms. The van der Waals surface area contributed by atoms with Gasteiger partial charge in [0.1, 0.15) is 11.5 Å². The van der Waals surface area contributed by atoms with Crippen LogP contribution in [0.5, 0.6) is 5.75 Å². The second-order valence-electron chi connectivity index (χ2n) is 7.85. The molecule has 3 nitrogen and oxygen atoms in total. The number of hydrogen-bond donors (Lipinski definition) is 0. The third-order valence-electron chi connectivity index (χ3n) is 6.50. The lowest BCUT2D eigenvalue weighted by molar-refractivity contribution is -0.151. The molecule has 1 aromatic carbocycles. The summed E-state index contributed by atoms with van der Waals surface area (Å²) in [5, 5.41) is 0. The summed E-state index contributed by atoms with van der Waals surface area (Å²) < 4.78 is 5.72. The summed E-state index contributed by atoms with van der Waals surface area (Å²) in [6.45, 7) is 10.1. The van der Waals surface area contributed by atoms with Crippen molar-refractivity contribution >= 4 is 11.8 Å². The zero-order valence-electron chi connectivity index (χ0n) is 14.1. The zero-order valence-corrected chi connectivity index (χ0v) is 14.1. The van der Waals surface area contributed by atoms with Crippen molar-refractivity contribution in [2.45, 2.75) is 53.9 Å². The maximum absolute atomic E-state index is 12.9. The van der Waals surface area contributed by atoms with E-state index in [-0.39, 0.29) is 17.2 Å². The number of Topliss-reactive ketones (excluding diaryl/α,β-unsaturated/α-hetero) is 1. The first kappa shape index (κ1) is 15.3. The number of hydrogen-bond acceptors (Lipinski definition) is 3. The molecule has 2 bridgehead atoms. The van der Waals surface area contributed by atoms with Crippen molar-refractivity contribution in [3.8, 4) is 5.75 Å². The lowest BCUT2D eigenvalue weighted by Crippen LogP contribution is -2.42. The molecule has 2 atom stereocenters. The standard InChI is InChI=1S/C19H24O3/c1-12-8-13(2)10-14(9-12)22-16(21)19-7-6-18(5,15(20)11-19)17(19,3)4/h8-10H,6-7,11H2,1-5H3. The molecule has 2 saturated carbocycles. The van der Waals surface area contributed by atoms with E-state index in [1.165, 1.54) is 0 Å². The third-order valence-corrected chi connectivity index (χ3v) is 6.50. The Labute approximate surface area is 132 Å². The smallest absolute Gasteiger partial charge is 0.318 e. The molecule has 0 spiro atoms. The predicted octanol–water partition coefficient (Wildman–Crippen LogP) is 3.99. The van der Waals surface area contributed by atoms with Crippen molar-refractivity contribution in [3.63, 3.8) is 0 Å². The van der Waals surface area contributed by atoms with E-state index in [2.05, 4.69) is 0 Å². The summed E-state index contributed by atoms with van der Waals surface area (Å²) in [6, 6.07) is 5.80. The van der Waals surface area contributed by atoms with Crippen molar-refractivity contribution in [2.24, 2.45) is 16.2 Å². The van der Waals surface area contributed by atoms with E-state index in [1.54, 1.807) is 0 Å². The summed E-state index contributed by atoms with van der Waals surface area (Å²) in [7, 11) is 0. The number of carbonyl (C=O) groups is 2. The number of aryl methyl sites for hydroxylation is 2. The van der Waals surface area contributed by atoms with Gasteiger partial charge in [0.2, 0.25) is 0 Å². The lowest BCUT2D eigenvalue weighted by atomic mass is 9.65. The van der Waals surface area contributed by atoms with Crippen LogP contribution in [0, 0.1) is 30.1 Å². The van der Waals surface area contributed by atoms with Crippen LogP contribution in [-0.2, 0) is 9.59 Å². The van der Waals surface area contributed by atoms with Crippen molar-refractivity contribution in [2.75, 3.05) is 0 Å². The number of ether oxygens (including phenoxy) is 1. The van der Waals surface area contributed by atoms with Crippen LogP contribution in [0.1, 0.15) is 51.2 Å². The SMILES string of the molecule is Cc1cc(C)cc(OC(=O)C23CCC(C)(C(=O)C2)C3(C)C)c1. The molecule has 0 aliphatic heterocycles. The van der Waals surface area contributed by atoms with Gasteiger partial charge in [-0.25, -0.2) is 0 Å². The Morgan fingerprint density at radius 2 is 1.64 bits per heavy atom. The van der Waals surface area contributed by atoms with Crippen molar-refractivity contribution < 1.29 is 14.3 Å². The second kappa shape index (κ2) is 4.43. The van der Waals surface area contributed by atoms with Crippen LogP contribution < -0.4 is 4.74 Å². The number of rotatable bonds is 2. The quantitative estimate of drug-likeness (QED) is 0.612. The molecule has 118 valence electrons. The molecule has 1 aromatic rings. The van der Waals surface area contributed by atoms with Gasteiger partial charge in [0.05, 0.1) is 5.41 Å². The van der Waals surface area contributed by atoms with Crippen molar-refractivity contribution in [1.29, 1.82) is 0 Å². The summed E-state index contributed by atoms with van der Waals surface area (Å²) in [5.41, 5.74) is 0.717. The number of carbonyl (C=O) groups excluding carboxylic acids is 2. The van der Waals surface area contributed by atoms with E-state index >= 15 is 0 Å².